The first-order valence-electron chi connectivity index (χ1n) is 14.1. The molecule has 2 aliphatic rings. The van der Waals surface area contributed by atoms with Gasteiger partial charge in [-0.2, -0.15) is 0 Å². The molecule has 218 valence electrons. The molecule has 5 nitrogen and oxygen atoms in total. The predicted octanol–water partition coefficient (Wildman–Crippen LogP) is 6.04. The molecule has 2 aliphatic heterocycles. The van der Waals surface area contributed by atoms with Crippen LogP contribution in [0.2, 0.25) is 0 Å². The van der Waals surface area contributed by atoms with Crippen LogP contribution in [0, 0.1) is 11.6 Å². The average molecular weight is 565 g/mol. The van der Waals surface area contributed by atoms with E-state index in [0.29, 0.717) is 31.6 Å². The van der Waals surface area contributed by atoms with Gasteiger partial charge >= 0.3 is 0 Å². The summed E-state index contributed by atoms with van der Waals surface area (Å²) in [6, 6.07) is 8.30. The van der Waals surface area contributed by atoms with Crippen molar-refractivity contribution in [2.45, 2.75) is 63.1 Å². The summed E-state index contributed by atoms with van der Waals surface area (Å²) in [5.41, 5.74) is 2.08. The normalized spacial score (nSPS) is 22.8. The fourth-order valence-electron chi connectivity index (χ4n) is 6.37. The lowest BCUT2D eigenvalue weighted by Gasteiger charge is -2.42. The van der Waals surface area contributed by atoms with Crippen molar-refractivity contribution in [2.75, 3.05) is 44.8 Å². The Hall–Kier alpha value is -2.69. The van der Waals surface area contributed by atoms with Crippen molar-refractivity contribution < 1.29 is 27.1 Å². The van der Waals surface area contributed by atoms with Crippen LogP contribution < -0.4 is 5.32 Å². The van der Waals surface area contributed by atoms with Gasteiger partial charge < -0.3 is 20.3 Å². The SMILES string of the molecule is C[C@@H]1Cc2c([nH]c3ccccc23)[C@@H](c2c(F)cc(N[C@H]3CCCCN(CCCF)C3)cc2F)N1CC(F)(F)CO. The summed E-state index contributed by atoms with van der Waals surface area (Å²) in [4.78, 5) is 6.81. The monoisotopic (exact) mass is 564 g/mol. The highest BCUT2D eigenvalue weighted by Crippen LogP contribution is 2.43. The van der Waals surface area contributed by atoms with Gasteiger partial charge in [0, 0.05) is 53.0 Å². The van der Waals surface area contributed by atoms with E-state index >= 15 is 8.78 Å². The number of hydrogen-bond donors (Lipinski definition) is 3. The third-order valence-electron chi connectivity index (χ3n) is 8.25. The molecule has 0 bridgehead atoms. The molecule has 2 aromatic carbocycles. The summed E-state index contributed by atoms with van der Waals surface area (Å²) in [5.74, 6) is -5.10. The van der Waals surface area contributed by atoms with Crippen LogP contribution in [0.15, 0.2) is 36.4 Å². The maximum atomic E-state index is 15.9. The number of aromatic nitrogens is 1. The molecule has 3 atom stereocenters. The minimum atomic E-state index is -3.45. The summed E-state index contributed by atoms with van der Waals surface area (Å²) in [6.07, 6.45) is 3.61. The molecule has 3 aromatic rings. The topological polar surface area (TPSA) is 54.5 Å². The summed E-state index contributed by atoms with van der Waals surface area (Å²) < 4.78 is 73.6. The number of rotatable bonds is 9. The zero-order chi connectivity index (χ0) is 28.4. The molecule has 5 rings (SSSR count). The van der Waals surface area contributed by atoms with E-state index in [4.69, 9.17) is 0 Å². The molecule has 0 amide bonds. The molecule has 1 saturated heterocycles. The molecular formula is C30H37F5N4O. The molecule has 1 fully saturated rings. The Labute approximate surface area is 231 Å². The maximum absolute atomic E-state index is 15.9. The Morgan fingerprint density at radius 3 is 2.60 bits per heavy atom. The Morgan fingerprint density at radius 1 is 1.12 bits per heavy atom. The largest absolute Gasteiger partial charge is 0.390 e. The van der Waals surface area contributed by atoms with Gasteiger partial charge in [-0.3, -0.25) is 9.29 Å². The third kappa shape index (κ3) is 5.99. The van der Waals surface area contributed by atoms with Crippen molar-refractivity contribution in [1.29, 1.82) is 0 Å². The van der Waals surface area contributed by atoms with Crippen molar-refractivity contribution in [1.82, 2.24) is 14.8 Å². The van der Waals surface area contributed by atoms with E-state index in [0.717, 1.165) is 42.3 Å². The van der Waals surface area contributed by atoms with Crippen LogP contribution in [0.1, 0.15) is 55.5 Å². The van der Waals surface area contributed by atoms with E-state index in [9.17, 15) is 18.3 Å². The highest BCUT2D eigenvalue weighted by atomic mass is 19.3. The molecule has 0 unspecified atom stereocenters. The maximum Gasteiger partial charge on any atom is 0.283 e. The van der Waals surface area contributed by atoms with E-state index in [1.807, 2.05) is 24.3 Å². The number of H-pyrrole nitrogens is 1. The summed E-state index contributed by atoms with van der Waals surface area (Å²) in [7, 11) is 0. The van der Waals surface area contributed by atoms with Crippen molar-refractivity contribution in [2.24, 2.45) is 0 Å². The second kappa shape index (κ2) is 12.0. The second-order valence-corrected chi connectivity index (χ2v) is 11.2. The molecule has 40 heavy (non-hydrogen) atoms. The Balaban J connectivity index is 1.50. The smallest absolute Gasteiger partial charge is 0.283 e. The molecule has 1 aromatic heterocycles. The number of aromatic amines is 1. The van der Waals surface area contributed by atoms with E-state index < -0.39 is 42.8 Å². The van der Waals surface area contributed by atoms with Gasteiger partial charge in [0.15, 0.2) is 0 Å². The van der Waals surface area contributed by atoms with Crippen LogP contribution in [0.25, 0.3) is 10.9 Å². The number of aliphatic hydroxyl groups excluding tert-OH is 1. The van der Waals surface area contributed by atoms with Crippen LogP contribution in [-0.2, 0) is 6.42 Å². The summed E-state index contributed by atoms with van der Waals surface area (Å²) in [6.45, 7) is 1.31. The minimum absolute atomic E-state index is 0.0542. The number of fused-ring (bicyclic) bond motifs is 3. The van der Waals surface area contributed by atoms with E-state index in [2.05, 4.69) is 15.2 Å². The molecule has 3 heterocycles. The van der Waals surface area contributed by atoms with Crippen LogP contribution in [0.4, 0.5) is 27.6 Å². The first-order chi connectivity index (χ1) is 19.2. The first-order valence-corrected chi connectivity index (χ1v) is 14.1. The lowest BCUT2D eigenvalue weighted by atomic mass is 9.87. The van der Waals surface area contributed by atoms with Crippen molar-refractivity contribution in [3.8, 4) is 0 Å². The number of halogens is 5. The van der Waals surface area contributed by atoms with E-state index in [1.54, 1.807) is 6.92 Å². The van der Waals surface area contributed by atoms with Gasteiger partial charge in [-0.1, -0.05) is 24.6 Å². The number of aliphatic hydroxyl groups is 1. The summed E-state index contributed by atoms with van der Waals surface area (Å²) >= 11 is 0. The molecule has 3 N–H and O–H groups in total. The Morgan fingerprint density at radius 2 is 1.88 bits per heavy atom. The van der Waals surface area contributed by atoms with Gasteiger partial charge in [0.2, 0.25) is 0 Å². The van der Waals surface area contributed by atoms with Crippen molar-refractivity contribution in [3.05, 3.63) is 64.9 Å². The number of nitrogens with one attached hydrogen (secondary N) is 2. The van der Waals surface area contributed by atoms with E-state index in [1.165, 1.54) is 17.0 Å². The highest BCUT2D eigenvalue weighted by molar-refractivity contribution is 5.85. The molecular weight excluding hydrogens is 527 g/mol. The number of nitrogens with zero attached hydrogens (tertiary/aromatic N) is 2. The molecule has 0 saturated carbocycles. The van der Waals surface area contributed by atoms with Crippen LogP contribution >= 0.6 is 0 Å². The Kier molecular flexibility index (Phi) is 8.68. The van der Waals surface area contributed by atoms with Gasteiger partial charge in [-0.25, -0.2) is 17.6 Å². The fourth-order valence-corrected chi connectivity index (χ4v) is 6.37. The van der Waals surface area contributed by atoms with Crippen LogP contribution in [-0.4, -0.2) is 77.4 Å². The zero-order valence-corrected chi connectivity index (χ0v) is 22.7. The average Bonchev–Trinajstić information content (AvgIpc) is 3.12. The molecule has 0 spiro atoms. The standard InChI is InChI=1S/C30H37F5N4O/c1-19-13-23-22-8-2-3-9-26(22)37-28(23)29(39(19)17-30(34,35)18-40)27-24(32)14-21(15-25(27)33)36-20-7-4-5-11-38(16-20)12-6-10-31/h2-3,8-9,14-15,19-20,29,36-37,40H,4-7,10-13,16-18H2,1H3/t19-,20+,29-/m1/s1. The molecule has 0 aliphatic carbocycles. The fraction of sp³-hybridized carbons (Fsp3) is 0.533. The van der Waals surface area contributed by atoms with E-state index in [-0.39, 0.29) is 24.0 Å². The van der Waals surface area contributed by atoms with Gasteiger partial charge in [0.05, 0.1) is 19.3 Å². The number of para-hydroxylation sites is 1. The minimum Gasteiger partial charge on any atom is -0.390 e. The highest BCUT2D eigenvalue weighted by Gasteiger charge is 2.43. The Bertz CT molecular complexity index is 1290. The van der Waals surface area contributed by atoms with Crippen molar-refractivity contribution in [3.63, 3.8) is 0 Å². The number of benzene rings is 2. The van der Waals surface area contributed by atoms with Gasteiger partial charge in [-0.15, -0.1) is 0 Å². The second-order valence-electron chi connectivity index (χ2n) is 11.2. The lowest BCUT2D eigenvalue weighted by molar-refractivity contribution is -0.0869. The number of likely N-dealkylation sites (tertiary alicyclic amines) is 1. The number of anilines is 1. The quantitative estimate of drug-likeness (QED) is 0.278. The molecule has 0 radical (unpaired) electrons. The van der Waals surface area contributed by atoms with Crippen molar-refractivity contribution >= 4 is 16.6 Å². The molecule has 10 heteroatoms. The van der Waals surface area contributed by atoms with Crippen LogP contribution in [0.5, 0.6) is 0 Å². The van der Waals surface area contributed by atoms with Gasteiger partial charge in [0.25, 0.3) is 5.92 Å². The first kappa shape index (κ1) is 28.8. The lowest BCUT2D eigenvalue weighted by Crippen LogP contribution is -2.49. The van der Waals surface area contributed by atoms with Crippen LogP contribution in [0.3, 0.4) is 0 Å². The third-order valence-corrected chi connectivity index (χ3v) is 8.25. The predicted molar refractivity (Wildman–Crippen MR) is 147 cm³/mol. The summed E-state index contributed by atoms with van der Waals surface area (Å²) in [5, 5.41) is 13.5. The zero-order valence-electron chi connectivity index (χ0n) is 22.7. The van der Waals surface area contributed by atoms with Gasteiger partial charge in [-0.05, 0) is 62.9 Å². The number of hydrogen-bond acceptors (Lipinski definition) is 4. The number of alkyl halides is 3. The van der Waals surface area contributed by atoms with Gasteiger partial charge in [0.1, 0.15) is 18.2 Å².